The monoisotopic (exact) mass is 369 g/mol. The van der Waals surface area contributed by atoms with Crippen molar-refractivity contribution in [2.45, 2.75) is 31.0 Å². The van der Waals surface area contributed by atoms with Gasteiger partial charge in [0, 0.05) is 6.04 Å². The number of carbonyl (C=O) groups is 1. The van der Waals surface area contributed by atoms with E-state index < -0.39 is 11.1 Å². The standard InChI is InChI=1S/C18H18F3NO2S/c1-24-17(23)12-4-2-11(3-5-12)15-8-13(6-7-22-15)14-9-16(25-10-14)18(19,20)21/h2-5,9-10,13,15,22H,6-8H2,1H3. The van der Waals surface area contributed by atoms with Crippen molar-refractivity contribution in [1.82, 2.24) is 5.32 Å². The van der Waals surface area contributed by atoms with Gasteiger partial charge in [-0.15, -0.1) is 11.3 Å². The van der Waals surface area contributed by atoms with E-state index in [0.29, 0.717) is 5.56 Å². The molecular formula is C18H18F3NO2S. The van der Waals surface area contributed by atoms with Gasteiger partial charge in [0.25, 0.3) is 0 Å². The Hall–Kier alpha value is -1.86. The van der Waals surface area contributed by atoms with Crippen LogP contribution in [0.5, 0.6) is 0 Å². The van der Waals surface area contributed by atoms with Crippen molar-refractivity contribution in [3.63, 3.8) is 0 Å². The normalized spacial score (nSPS) is 21.1. The van der Waals surface area contributed by atoms with E-state index in [-0.39, 0.29) is 17.9 Å². The molecule has 2 aromatic rings. The third-order valence-corrected chi connectivity index (χ3v) is 5.50. The first kappa shape index (κ1) is 17.9. The summed E-state index contributed by atoms with van der Waals surface area (Å²) >= 11 is 0.758. The first-order chi connectivity index (χ1) is 11.9. The van der Waals surface area contributed by atoms with Crippen molar-refractivity contribution in [2.75, 3.05) is 13.7 Å². The van der Waals surface area contributed by atoms with Crippen LogP contribution >= 0.6 is 11.3 Å². The first-order valence-corrected chi connectivity index (χ1v) is 8.83. The van der Waals surface area contributed by atoms with E-state index in [9.17, 15) is 18.0 Å². The van der Waals surface area contributed by atoms with E-state index in [1.165, 1.54) is 13.2 Å². The van der Waals surface area contributed by atoms with Gasteiger partial charge >= 0.3 is 12.1 Å². The molecule has 1 aliphatic heterocycles. The van der Waals surface area contributed by atoms with Crippen molar-refractivity contribution in [1.29, 1.82) is 0 Å². The molecule has 2 atom stereocenters. The molecule has 0 bridgehead atoms. The molecule has 7 heteroatoms. The number of hydrogen-bond donors (Lipinski definition) is 1. The summed E-state index contributed by atoms with van der Waals surface area (Å²) in [5.41, 5.74) is 2.25. The number of methoxy groups -OCH3 is 1. The summed E-state index contributed by atoms with van der Waals surface area (Å²) in [6.07, 6.45) is -2.74. The maximum Gasteiger partial charge on any atom is 0.425 e. The van der Waals surface area contributed by atoms with Crippen LogP contribution in [0.4, 0.5) is 13.2 Å². The van der Waals surface area contributed by atoms with Crippen LogP contribution in [0.3, 0.4) is 0 Å². The highest BCUT2D eigenvalue weighted by atomic mass is 32.1. The van der Waals surface area contributed by atoms with Crippen LogP contribution in [0.1, 0.15) is 51.2 Å². The third-order valence-electron chi connectivity index (χ3n) is 4.51. The fraction of sp³-hybridized carbons (Fsp3) is 0.389. The Balaban J connectivity index is 1.73. The molecule has 0 aliphatic carbocycles. The second kappa shape index (κ2) is 7.17. The molecule has 1 aromatic carbocycles. The van der Waals surface area contributed by atoms with Gasteiger partial charge < -0.3 is 10.1 Å². The highest BCUT2D eigenvalue weighted by Crippen LogP contribution is 2.40. The van der Waals surface area contributed by atoms with Crippen molar-refractivity contribution in [3.05, 3.63) is 57.3 Å². The fourth-order valence-electron chi connectivity index (χ4n) is 3.16. The summed E-state index contributed by atoms with van der Waals surface area (Å²) in [4.78, 5) is 11.0. The zero-order valence-corrected chi connectivity index (χ0v) is 14.4. The number of rotatable bonds is 3. The van der Waals surface area contributed by atoms with E-state index in [0.717, 1.165) is 41.9 Å². The largest absolute Gasteiger partial charge is 0.465 e. The van der Waals surface area contributed by atoms with Gasteiger partial charge in [0.1, 0.15) is 4.88 Å². The Labute approximate surface area is 147 Å². The molecule has 3 nitrogen and oxygen atoms in total. The lowest BCUT2D eigenvalue weighted by atomic mass is 9.85. The van der Waals surface area contributed by atoms with E-state index in [1.54, 1.807) is 17.5 Å². The third kappa shape index (κ3) is 4.04. The van der Waals surface area contributed by atoms with Crippen LogP contribution in [0.2, 0.25) is 0 Å². The predicted molar refractivity (Wildman–Crippen MR) is 89.8 cm³/mol. The number of halogens is 3. The number of piperidine rings is 1. The van der Waals surface area contributed by atoms with E-state index >= 15 is 0 Å². The number of alkyl halides is 3. The average Bonchev–Trinajstić information content (AvgIpc) is 3.12. The zero-order valence-electron chi connectivity index (χ0n) is 13.6. The second-order valence-corrected chi connectivity index (χ2v) is 6.99. The van der Waals surface area contributed by atoms with Gasteiger partial charge in [0.15, 0.2) is 0 Å². The SMILES string of the molecule is COC(=O)c1ccc(C2CC(c3csc(C(F)(F)F)c3)CCN2)cc1. The fourth-order valence-corrected chi connectivity index (χ4v) is 4.02. The Morgan fingerprint density at radius 3 is 2.56 bits per heavy atom. The maximum absolute atomic E-state index is 12.8. The van der Waals surface area contributed by atoms with E-state index in [2.05, 4.69) is 10.1 Å². The summed E-state index contributed by atoms with van der Waals surface area (Å²) < 4.78 is 43.1. The molecule has 0 radical (unpaired) electrons. The Kier molecular flexibility index (Phi) is 5.15. The molecule has 0 spiro atoms. The predicted octanol–water partition coefficient (Wildman–Crippen LogP) is 4.76. The van der Waals surface area contributed by atoms with Crippen LogP contribution < -0.4 is 5.32 Å². The lowest BCUT2D eigenvalue weighted by molar-refractivity contribution is -0.134. The van der Waals surface area contributed by atoms with Crippen molar-refractivity contribution in [3.8, 4) is 0 Å². The van der Waals surface area contributed by atoms with Crippen molar-refractivity contribution < 1.29 is 22.7 Å². The van der Waals surface area contributed by atoms with E-state index in [4.69, 9.17) is 0 Å². The van der Waals surface area contributed by atoms with Gasteiger partial charge in [-0.3, -0.25) is 0 Å². The summed E-state index contributed by atoms with van der Waals surface area (Å²) in [6, 6.07) is 8.47. The zero-order chi connectivity index (χ0) is 18.0. The minimum Gasteiger partial charge on any atom is -0.465 e. The lowest BCUT2D eigenvalue weighted by Gasteiger charge is -2.30. The molecule has 1 N–H and O–H groups in total. The molecule has 1 aliphatic rings. The number of thiophene rings is 1. The minimum atomic E-state index is -4.28. The number of hydrogen-bond acceptors (Lipinski definition) is 4. The van der Waals surface area contributed by atoms with Crippen LogP contribution in [0, 0.1) is 0 Å². The molecule has 134 valence electrons. The molecule has 1 saturated heterocycles. The van der Waals surface area contributed by atoms with Gasteiger partial charge in [-0.1, -0.05) is 12.1 Å². The van der Waals surface area contributed by atoms with Crippen LogP contribution in [0.15, 0.2) is 35.7 Å². The van der Waals surface area contributed by atoms with E-state index in [1.807, 2.05) is 12.1 Å². The van der Waals surface area contributed by atoms with Crippen LogP contribution in [-0.4, -0.2) is 19.6 Å². The highest BCUT2D eigenvalue weighted by molar-refractivity contribution is 7.10. The Morgan fingerprint density at radius 1 is 1.24 bits per heavy atom. The molecule has 3 rings (SSSR count). The van der Waals surface area contributed by atoms with Crippen molar-refractivity contribution in [2.24, 2.45) is 0 Å². The molecule has 2 unspecified atom stereocenters. The average molecular weight is 369 g/mol. The molecule has 2 heterocycles. The number of nitrogens with one attached hydrogen (secondary N) is 1. The van der Waals surface area contributed by atoms with Crippen LogP contribution in [-0.2, 0) is 10.9 Å². The molecule has 1 aromatic heterocycles. The maximum atomic E-state index is 12.8. The van der Waals surface area contributed by atoms with Crippen LogP contribution in [0.25, 0.3) is 0 Å². The number of benzene rings is 1. The first-order valence-electron chi connectivity index (χ1n) is 7.95. The topological polar surface area (TPSA) is 38.3 Å². The summed E-state index contributed by atoms with van der Waals surface area (Å²) in [6.45, 7) is 0.741. The summed E-state index contributed by atoms with van der Waals surface area (Å²) in [5, 5.41) is 5.02. The molecular weight excluding hydrogens is 351 g/mol. The molecule has 0 saturated carbocycles. The van der Waals surface area contributed by atoms with Gasteiger partial charge in [-0.05, 0) is 60.0 Å². The number of carbonyl (C=O) groups excluding carboxylic acids is 1. The Bertz CT molecular complexity index is 740. The number of ether oxygens (including phenoxy) is 1. The quantitative estimate of drug-likeness (QED) is 0.793. The van der Waals surface area contributed by atoms with Gasteiger partial charge in [0.2, 0.25) is 0 Å². The lowest BCUT2D eigenvalue weighted by Crippen LogP contribution is -2.30. The van der Waals surface area contributed by atoms with Crippen molar-refractivity contribution >= 4 is 17.3 Å². The minimum absolute atomic E-state index is 0.0553. The molecule has 1 fully saturated rings. The number of esters is 1. The summed E-state index contributed by atoms with van der Waals surface area (Å²) in [5.74, 6) is -0.294. The smallest absolute Gasteiger partial charge is 0.425 e. The second-order valence-electron chi connectivity index (χ2n) is 6.08. The summed E-state index contributed by atoms with van der Waals surface area (Å²) in [7, 11) is 1.33. The van der Waals surface area contributed by atoms with Gasteiger partial charge in [-0.25, -0.2) is 4.79 Å². The molecule has 25 heavy (non-hydrogen) atoms. The molecule has 0 amide bonds. The van der Waals surface area contributed by atoms with Gasteiger partial charge in [0.05, 0.1) is 12.7 Å². The van der Waals surface area contributed by atoms with Gasteiger partial charge in [-0.2, -0.15) is 13.2 Å². The highest BCUT2D eigenvalue weighted by Gasteiger charge is 2.34. The Morgan fingerprint density at radius 2 is 1.96 bits per heavy atom.